The minimum atomic E-state index is -3.68. The molecule has 0 bridgehead atoms. The highest BCUT2D eigenvalue weighted by Gasteiger charge is 2.15. The molecule has 3 nitrogen and oxygen atoms in total. The highest BCUT2D eigenvalue weighted by atomic mass is 32.2. The third-order valence-corrected chi connectivity index (χ3v) is 4.15. The zero-order valence-electron chi connectivity index (χ0n) is 10.4. The average molecular weight is 279 g/mol. The number of aryl methyl sites for hydroxylation is 1. The van der Waals surface area contributed by atoms with Crippen LogP contribution in [0.15, 0.2) is 53.4 Å². The first-order valence-corrected chi connectivity index (χ1v) is 7.37. The van der Waals surface area contributed by atoms with Crippen molar-refractivity contribution >= 4 is 15.7 Å². The predicted molar refractivity (Wildman–Crippen MR) is 73.0 cm³/mol. The molecule has 2 aromatic carbocycles. The summed E-state index contributed by atoms with van der Waals surface area (Å²) in [6, 6.07) is 11.9. The van der Waals surface area contributed by atoms with Gasteiger partial charge >= 0.3 is 0 Å². The van der Waals surface area contributed by atoms with Crippen molar-refractivity contribution in [2.24, 2.45) is 0 Å². The van der Waals surface area contributed by atoms with Crippen molar-refractivity contribution in [3.63, 3.8) is 0 Å². The van der Waals surface area contributed by atoms with Gasteiger partial charge in [0.15, 0.2) is 0 Å². The van der Waals surface area contributed by atoms with E-state index >= 15 is 0 Å². The number of para-hydroxylation sites is 1. The number of sulfonamides is 1. The van der Waals surface area contributed by atoms with Crippen LogP contribution in [0, 0.1) is 5.82 Å². The lowest BCUT2D eigenvalue weighted by molar-refractivity contribution is 0.599. The first-order valence-electron chi connectivity index (χ1n) is 5.89. The molecule has 0 aliphatic carbocycles. The highest BCUT2D eigenvalue weighted by Crippen LogP contribution is 2.20. The third kappa shape index (κ3) is 3.12. The van der Waals surface area contributed by atoms with Crippen molar-refractivity contribution < 1.29 is 12.8 Å². The Morgan fingerprint density at radius 1 is 1.05 bits per heavy atom. The Kier molecular flexibility index (Phi) is 3.85. The summed E-state index contributed by atoms with van der Waals surface area (Å²) in [6.45, 7) is 1.95. The molecule has 0 aliphatic heterocycles. The van der Waals surface area contributed by atoms with Gasteiger partial charge in [-0.15, -0.1) is 0 Å². The van der Waals surface area contributed by atoms with Crippen LogP contribution in [0.3, 0.4) is 0 Å². The topological polar surface area (TPSA) is 46.2 Å². The SMILES string of the molecule is CCc1ccccc1NS(=O)(=O)c1ccc(F)cc1. The van der Waals surface area contributed by atoms with Crippen LogP contribution in [-0.4, -0.2) is 8.42 Å². The molecule has 0 spiro atoms. The highest BCUT2D eigenvalue weighted by molar-refractivity contribution is 7.92. The lowest BCUT2D eigenvalue weighted by atomic mass is 10.1. The zero-order chi connectivity index (χ0) is 13.9. The molecular formula is C14H14FNO2S. The van der Waals surface area contributed by atoms with Crippen LogP contribution in [-0.2, 0) is 16.4 Å². The number of hydrogen-bond acceptors (Lipinski definition) is 2. The second-order valence-electron chi connectivity index (χ2n) is 4.07. The summed E-state index contributed by atoms with van der Waals surface area (Å²) in [5, 5.41) is 0. The zero-order valence-corrected chi connectivity index (χ0v) is 11.2. The first-order chi connectivity index (χ1) is 9.03. The average Bonchev–Trinajstić information content (AvgIpc) is 2.39. The lowest BCUT2D eigenvalue weighted by Crippen LogP contribution is -2.14. The van der Waals surface area contributed by atoms with Gasteiger partial charge in [0.05, 0.1) is 10.6 Å². The molecule has 0 aromatic heterocycles. The van der Waals surface area contributed by atoms with Crippen molar-refractivity contribution in [2.75, 3.05) is 4.72 Å². The summed E-state index contributed by atoms with van der Waals surface area (Å²) in [6.07, 6.45) is 0.724. The summed E-state index contributed by atoms with van der Waals surface area (Å²) in [7, 11) is -3.68. The van der Waals surface area contributed by atoms with Gasteiger partial charge in [0, 0.05) is 0 Å². The van der Waals surface area contributed by atoms with E-state index in [1.54, 1.807) is 12.1 Å². The molecular weight excluding hydrogens is 265 g/mol. The van der Waals surface area contributed by atoms with E-state index in [4.69, 9.17) is 0 Å². The summed E-state index contributed by atoms with van der Waals surface area (Å²) in [5.74, 6) is -0.465. The Bertz CT molecular complexity index is 666. The van der Waals surface area contributed by atoms with Crippen LogP contribution in [0.2, 0.25) is 0 Å². The smallest absolute Gasteiger partial charge is 0.261 e. The van der Waals surface area contributed by atoms with Crippen LogP contribution < -0.4 is 4.72 Å². The Morgan fingerprint density at radius 3 is 2.32 bits per heavy atom. The van der Waals surface area contributed by atoms with Crippen molar-refractivity contribution in [1.29, 1.82) is 0 Å². The largest absolute Gasteiger partial charge is 0.279 e. The number of hydrogen-bond donors (Lipinski definition) is 1. The Balaban J connectivity index is 2.34. The fourth-order valence-corrected chi connectivity index (χ4v) is 2.85. The van der Waals surface area contributed by atoms with E-state index in [0.717, 1.165) is 24.1 Å². The van der Waals surface area contributed by atoms with Gasteiger partial charge in [-0.05, 0) is 42.3 Å². The van der Waals surface area contributed by atoms with E-state index in [9.17, 15) is 12.8 Å². The molecule has 0 amide bonds. The maximum absolute atomic E-state index is 12.8. The minimum Gasteiger partial charge on any atom is -0.279 e. The van der Waals surface area contributed by atoms with Gasteiger partial charge in [0.25, 0.3) is 10.0 Å². The van der Waals surface area contributed by atoms with Gasteiger partial charge in [-0.2, -0.15) is 0 Å². The third-order valence-electron chi connectivity index (χ3n) is 2.77. The number of benzene rings is 2. The molecule has 5 heteroatoms. The maximum atomic E-state index is 12.8. The first kappa shape index (κ1) is 13.5. The maximum Gasteiger partial charge on any atom is 0.261 e. The van der Waals surface area contributed by atoms with Gasteiger partial charge in [-0.1, -0.05) is 25.1 Å². The van der Waals surface area contributed by atoms with Gasteiger partial charge in [-0.25, -0.2) is 12.8 Å². The van der Waals surface area contributed by atoms with Crippen molar-refractivity contribution in [3.8, 4) is 0 Å². The summed E-state index contributed by atoms with van der Waals surface area (Å²) in [4.78, 5) is 0.0415. The molecule has 0 saturated heterocycles. The second-order valence-corrected chi connectivity index (χ2v) is 5.75. The minimum absolute atomic E-state index is 0.0415. The van der Waals surface area contributed by atoms with Crippen molar-refractivity contribution in [3.05, 3.63) is 59.9 Å². The van der Waals surface area contributed by atoms with E-state index < -0.39 is 15.8 Å². The molecule has 0 aliphatic rings. The molecule has 2 rings (SSSR count). The van der Waals surface area contributed by atoms with Crippen LogP contribution in [0.4, 0.5) is 10.1 Å². The second kappa shape index (κ2) is 5.40. The molecule has 19 heavy (non-hydrogen) atoms. The Labute approximate surface area is 112 Å². The summed E-state index contributed by atoms with van der Waals surface area (Å²) < 4.78 is 39.6. The molecule has 1 N–H and O–H groups in total. The normalized spacial score (nSPS) is 11.3. The van der Waals surface area contributed by atoms with E-state index in [1.807, 2.05) is 19.1 Å². The van der Waals surface area contributed by atoms with E-state index in [2.05, 4.69) is 4.72 Å². The molecule has 100 valence electrons. The lowest BCUT2D eigenvalue weighted by Gasteiger charge is -2.11. The molecule has 0 fully saturated rings. The van der Waals surface area contributed by atoms with Crippen LogP contribution in [0.1, 0.15) is 12.5 Å². The predicted octanol–water partition coefficient (Wildman–Crippen LogP) is 3.19. The summed E-state index contributed by atoms with van der Waals surface area (Å²) in [5.41, 5.74) is 1.46. The number of nitrogens with one attached hydrogen (secondary N) is 1. The van der Waals surface area contributed by atoms with Gasteiger partial charge in [-0.3, -0.25) is 4.72 Å². The van der Waals surface area contributed by atoms with Crippen LogP contribution in [0.25, 0.3) is 0 Å². The molecule has 0 saturated carbocycles. The van der Waals surface area contributed by atoms with Gasteiger partial charge in [0.1, 0.15) is 5.82 Å². The van der Waals surface area contributed by atoms with E-state index in [1.165, 1.54) is 12.1 Å². The van der Waals surface area contributed by atoms with E-state index in [0.29, 0.717) is 5.69 Å². The molecule has 0 heterocycles. The Hall–Kier alpha value is -1.88. The monoisotopic (exact) mass is 279 g/mol. The van der Waals surface area contributed by atoms with Crippen LogP contribution >= 0.6 is 0 Å². The number of rotatable bonds is 4. The van der Waals surface area contributed by atoms with E-state index in [-0.39, 0.29) is 4.90 Å². The van der Waals surface area contributed by atoms with Crippen molar-refractivity contribution in [2.45, 2.75) is 18.2 Å². The molecule has 0 unspecified atom stereocenters. The van der Waals surface area contributed by atoms with Crippen molar-refractivity contribution in [1.82, 2.24) is 0 Å². The fourth-order valence-electron chi connectivity index (χ4n) is 1.75. The quantitative estimate of drug-likeness (QED) is 0.934. The molecule has 0 atom stereocenters. The fraction of sp³-hybridized carbons (Fsp3) is 0.143. The van der Waals surface area contributed by atoms with Gasteiger partial charge in [0.2, 0.25) is 0 Å². The number of anilines is 1. The van der Waals surface area contributed by atoms with Crippen LogP contribution in [0.5, 0.6) is 0 Å². The number of halogens is 1. The Morgan fingerprint density at radius 2 is 1.68 bits per heavy atom. The molecule has 0 radical (unpaired) electrons. The molecule has 2 aromatic rings. The summed E-state index contributed by atoms with van der Waals surface area (Å²) >= 11 is 0. The van der Waals surface area contributed by atoms with Gasteiger partial charge < -0.3 is 0 Å². The standard InChI is InChI=1S/C14H14FNO2S/c1-2-11-5-3-4-6-14(11)16-19(17,18)13-9-7-12(15)8-10-13/h3-10,16H,2H2,1H3.